The first-order chi connectivity index (χ1) is 9.65. The highest BCUT2D eigenvalue weighted by Crippen LogP contribution is 2.37. The maximum atomic E-state index is 12.4. The van der Waals surface area contributed by atoms with Crippen molar-refractivity contribution < 1.29 is 8.42 Å². The molecule has 1 fully saturated rings. The van der Waals surface area contributed by atoms with E-state index in [9.17, 15) is 8.42 Å². The second-order valence-electron chi connectivity index (χ2n) is 7.13. The van der Waals surface area contributed by atoms with Crippen molar-refractivity contribution in [3.63, 3.8) is 0 Å². The molecule has 1 atom stereocenters. The summed E-state index contributed by atoms with van der Waals surface area (Å²) in [4.78, 5) is 0.330. The molecule has 0 saturated heterocycles. The molecule has 21 heavy (non-hydrogen) atoms. The number of nitrogens with one attached hydrogen (secondary N) is 1. The van der Waals surface area contributed by atoms with Crippen LogP contribution in [0, 0.1) is 11.3 Å². The third kappa shape index (κ3) is 3.87. The van der Waals surface area contributed by atoms with Crippen LogP contribution >= 0.6 is 0 Å². The Bertz CT molecular complexity index is 595. The van der Waals surface area contributed by atoms with E-state index < -0.39 is 10.0 Å². The third-order valence-electron chi connectivity index (χ3n) is 4.42. The molecule has 3 N–H and O–H groups in total. The van der Waals surface area contributed by atoms with Gasteiger partial charge in [0.05, 0.1) is 4.90 Å². The van der Waals surface area contributed by atoms with E-state index in [1.807, 2.05) is 4.57 Å². The van der Waals surface area contributed by atoms with E-state index in [0.717, 1.165) is 18.5 Å². The van der Waals surface area contributed by atoms with Crippen LogP contribution in [-0.4, -0.2) is 19.5 Å². The van der Waals surface area contributed by atoms with E-state index in [1.54, 1.807) is 12.3 Å². The molecular weight excluding hydrogens is 286 g/mol. The van der Waals surface area contributed by atoms with Gasteiger partial charge in [0.1, 0.15) is 0 Å². The summed E-state index contributed by atoms with van der Waals surface area (Å²) < 4.78 is 29.6. The van der Waals surface area contributed by atoms with Gasteiger partial charge in [-0.1, -0.05) is 27.7 Å². The smallest absolute Gasteiger partial charge is 0.242 e. The zero-order chi connectivity index (χ0) is 15.8. The van der Waals surface area contributed by atoms with Gasteiger partial charge in [-0.2, -0.15) is 0 Å². The number of sulfonamides is 1. The maximum absolute atomic E-state index is 12.4. The van der Waals surface area contributed by atoms with Gasteiger partial charge in [0, 0.05) is 31.0 Å². The Kier molecular flexibility index (Phi) is 4.52. The van der Waals surface area contributed by atoms with Crippen LogP contribution in [-0.2, 0) is 16.6 Å². The Morgan fingerprint density at radius 3 is 2.52 bits per heavy atom. The zero-order valence-corrected chi connectivity index (χ0v) is 14.2. The highest BCUT2D eigenvalue weighted by atomic mass is 32.2. The van der Waals surface area contributed by atoms with E-state index in [0.29, 0.717) is 24.0 Å². The van der Waals surface area contributed by atoms with Gasteiger partial charge in [-0.3, -0.25) is 0 Å². The minimum absolute atomic E-state index is 0.0743. The summed E-state index contributed by atoms with van der Waals surface area (Å²) in [5, 5.41) is 0. The van der Waals surface area contributed by atoms with E-state index >= 15 is 0 Å². The quantitative estimate of drug-likeness (QED) is 0.845. The molecule has 6 heteroatoms. The number of hydrogen-bond donors (Lipinski definition) is 2. The molecule has 1 unspecified atom stereocenters. The SMILES string of the molecule is CC(CNS(=O)(=O)c1cc(CN)n(C2CC2)c1)C(C)(C)C. The van der Waals surface area contributed by atoms with Crippen molar-refractivity contribution in [2.75, 3.05) is 6.54 Å². The topological polar surface area (TPSA) is 77.1 Å². The van der Waals surface area contributed by atoms with Gasteiger partial charge in [0.25, 0.3) is 0 Å². The molecule has 1 aliphatic carbocycles. The first-order valence-corrected chi connectivity index (χ1v) is 9.04. The van der Waals surface area contributed by atoms with Crippen molar-refractivity contribution in [3.05, 3.63) is 18.0 Å². The van der Waals surface area contributed by atoms with Gasteiger partial charge in [-0.05, 0) is 30.2 Å². The Balaban J connectivity index is 2.12. The summed E-state index contributed by atoms with van der Waals surface area (Å²) >= 11 is 0. The average Bonchev–Trinajstić information content (AvgIpc) is 3.13. The standard InChI is InChI=1S/C15H27N3O2S/c1-11(15(2,3)4)9-17-21(19,20)14-7-13(8-16)18(10-14)12-5-6-12/h7,10-12,17H,5-6,8-9,16H2,1-4H3. The minimum atomic E-state index is -3.46. The van der Waals surface area contributed by atoms with E-state index in [2.05, 4.69) is 32.4 Å². The lowest BCUT2D eigenvalue weighted by atomic mass is 9.82. The number of aromatic nitrogens is 1. The summed E-state index contributed by atoms with van der Waals surface area (Å²) in [5.74, 6) is 0.256. The molecular formula is C15H27N3O2S. The van der Waals surface area contributed by atoms with Gasteiger partial charge in [-0.25, -0.2) is 13.1 Å². The zero-order valence-electron chi connectivity index (χ0n) is 13.4. The molecule has 1 aromatic rings. The summed E-state index contributed by atoms with van der Waals surface area (Å²) in [6.07, 6.45) is 3.94. The Labute approximate surface area is 128 Å². The summed E-state index contributed by atoms with van der Waals surface area (Å²) in [5.41, 5.74) is 6.68. The molecule has 120 valence electrons. The molecule has 1 aliphatic rings. The highest BCUT2D eigenvalue weighted by molar-refractivity contribution is 7.89. The Hall–Kier alpha value is -0.850. The van der Waals surface area contributed by atoms with Gasteiger partial charge in [0.15, 0.2) is 0 Å². The molecule has 1 aromatic heterocycles. The maximum Gasteiger partial charge on any atom is 0.242 e. The number of hydrogen-bond acceptors (Lipinski definition) is 3. The predicted molar refractivity (Wildman–Crippen MR) is 84.4 cm³/mol. The monoisotopic (exact) mass is 313 g/mol. The lowest BCUT2D eigenvalue weighted by Gasteiger charge is -2.27. The van der Waals surface area contributed by atoms with Gasteiger partial charge in [0.2, 0.25) is 10.0 Å². The van der Waals surface area contributed by atoms with Crippen LogP contribution in [0.1, 0.15) is 52.3 Å². The summed E-state index contributed by atoms with van der Waals surface area (Å²) in [6.45, 7) is 9.21. The lowest BCUT2D eigenvalue weighted by molar-refractivity contribution is 0.263. The van der Waals surface area contributed by atoms with Gasteiger partial charge >= 0.3 is 0 Å². The number of rotatable bonds is 6. The third-order valence-corrected chi connectivity index (χ3v) is 5.82. The molecule has 0 bridgehead atoms. The molecule has 1 heterocycles. The summed E-state index contributed by atoms with van der Waals surface area (Å²) in [6, 6.07) is 2.13. The van der Waals surface area contributed by atoms with E-state index in [-0.39, 0.29) is 11.3 Å². The molecule has 2 rings (SSSR count). The normalized spacial score (nSPS) is 18.0. The second-order valence-corrected chi connectivity index (χ2v) is 8.90. The van der Waals surface area contributed by atoms with Crippen LogP contribution in [0.5, 0.6) is 0 Å². The molecule has 0 amide bonds. The van der Waals surface area contributed by atoms with Gasteiger partial charge in [-0.15, -0.1) is 0 Å². The molecule has 1 saturated carbocycles. The van der Waals surface area contributed by atoms with Crippen LogP contribution in [0.25, 0.3) is 0 Å². The fourth-order valence-corrected chi connectivity index (χ4v) is 3.30. The van der Waals surface area contributed by atoms with Crippen LogP contribution in [0.2, 0.25) is 0 Å². The number of nitrogens with zero attached hydrogens (tertiary/aromatic N) is 1. The molecule has 0 spiro atoms. The summed E-state index contributed by atoms with van der Waals surface area (Å²) in [7, 11) is -3.46. The van der Waals surface area contributed by atoms with Crippen molar-refractivity contribution in [1.29, 1.82) is 0 Å². The average molecular weight is 313 g/mol. The van der Waals surface area contributed by atoms with Gasteiger partial charge < -0.3 is 10.3 Å². The van der Waals surface area contributed by atoms with Crippen LogP contribution in [0.4, 0.5) is 0 Å². The predicted octanol–water partition coefficient (Wildman–Crippen LogP) is 2.24. The second kappa shape index (κ2) is 5.74. The molecule has 5 nitrogen and oxygen atoms in total. The van der Waals surface area contributed by atoms with Crippen molar-refractivity contribution in [2.45, 2.75) is 58.0 Å². The fraction of sp³-hybridized carbons (Fsp3) is 0.733. The lowest BCUT2D eigenvalue weighted by Crippen LogP contribution is -2.33. The van der Waals surface area contributed by atoms with Crippen molar-refractivity contribution in [3.8, 4) is 0 Å². The van der Waals surface area contributed by atoms with Crippen LogP contribution < -0.4 is 10.5 Å². The first kappa shape index (κ1) is 16.5. The molecule has 0 radical (unpaired) electrons. The van der Waals surface area contributed by atoms with E-state index in [4.69, 9.17) is 5.73 Å². The molecule has 0 aromatic carbocycles. The Morgan fingerprint density at radius 1 is 1.43 bits per heavy atom. The van der Waals surface area contributed by atoms with Crippen molar-refractivity contribution >= 4 is 10.0 Å². The fourth-order valence-electron chi connectivity index (χ4n) is 2.12. The van der Waals surface area contributed by atoms with Crippen molar-refractivity contribution in [1.82, 2.24) is 9.29 Å². The first-order valence-electron chi connectivity index (χ1n) is 7.55. The highest BCUT2D eigenvalue weighted by Gasteiger charge is 2.28. The number of nitrogens with two attached hydrogens (primary N) is 1. The van der Waals surface area contributed by atoms with Crippen LogP contribution in [0.15, 0.2) is 17.2 Å². The minimum Gasteiger partial charge on any atom is -0.346 e. The largest absolute Gasteiger partial charge is 0.346 e. The Morgan fingerprint density at radius 2 is 2.05 bits per heavy atom. The van der Waals surface area contributed by atoms with Crippen molar-refractivity contribution in [2.24, 2.45) is 17.1 Å². The molecule has 0 aliphatic heterocycles. The van der Waals surface area contributed by atoms with Crippen LogP contribution in [0.3, 0.4) is 0 Å². The van der Waals surface area contributed by atoms with E-state index in [1.165, 1.54) is 0 Å².